The molecule has 4 fully saturated rings. The summed E-state index contributed by atoms with van der Waals surface area (Å²) in [6.45, 7) is 10.6. The summed E-state index contributed by atoms with van der Waals surface area (Å²) in [6.07, 6.45) is 16.4. The maximum atomic E-state index is 6.71. The van der Waals surface area contributed by atoms with Crippen molar-refractivity contribution in [2.75, 3.05) is 16.9 Å². The van der Waals surface area contributed by atoms with Gasteiger partial charge in [0.15, 0.2) is 28.3 Å². The number of aromatic nitrogens is 4. The zero-order chi connectivity index (χ0) is 31.6. The Labute approximate surface area is 282 Å². The lowest BCUT2D eigenvalue weighted by Crippen LogP contribution is -2.36. The summed E-state index contributed by atoms with van der Waals surface area (Å²) >= 11 is 3.50. The Morgan fingerprint density at radius 2 is 1.63 bits per heavy atom. The van der Waals surface area contributed by atoms with Crippen molar-refractivity contribution >= 4 is 41.0 Å². The summed E-state index contributed by atoms with van der Waals surface area (Å²) in [6, 6.07) is 0.879. The first-order valence-corrected chi connectivity index (χ1v) is 19.7. The van der Waals surface area contributed by atoms with Crippen LogP contribution in [-0.4, -0.2) is 59.8 Å². The fraction of sp³-hybridized carbons (Fsp3) is 0.676. The van der Waals surface area contributed by atoms with Crippen molar-refractivity contribution in [1.29, 1.82) is 0 Å². The van der Waals surface area contributed by atoms with Crippen molar-refractivity contribution in [3.8, 4) is 11.5 Å². The maximum absolute atomic E-state index is 6.71. The minimum absolute atomic E-state index is 0.419. The number of anilines is 1. The van der Waals surface area contributed by atoms with E-state index < -0.39 is 0 Å². The van der Waals surface area contributed by atoms with Crippen LogP contribution in [0.4, 0.5) is 5.82 Å². The van der Waals surface area contributed by atoms with Crippen molar-refractivity contribution in [3.05, 3.63) is 29.0 Å². The molecule has 12 heteroatoms. The molecular formula is C34H50N10S2. The summed E-state index contributed by atoms with van der Waals surface area (Å²) in [4.78, 5) is 27.7. The van der Waals surface area contributed by atoms with E-state index in [0.29, 0.717) is 29.7 Å². The van der Waals surface area contributed by atoms with Crippen LogP contribution in [0.3, 0.4) is 0 Å². The summed E-state index contributed by atoms with van der Waals surface area (Å²) < 4.78 is 2.29. The Hall–Kier alpha value is -2.73. The molecule has 7 aliphatic rings. The second-order valence-electron chi connectivity index (χ2n) is 13.6. The number of nitrogens with zero attached hydrogens (tertiary/aromatic N) is 7. The Morgan fingerprint density at radius 1 is 0.913 bits per heavy atom. The van der Waals surface area contributed by atoms with Gasteiger partial charge < -0.3 is 25.8 Å². The highest BCUT2D eigenvalue weighted by atomic mass is 32.2. The predicted molar refractivity (Wildman–Crippen MR) is 191 cm³/mol. The van der Waals surface area contributed by atoms with Gasteiger partial charge in [0.1, 0.15) is 23.2 Å². The highest BCUT2D eigenvalue weighted by Gasteiger charge is 2.36. The van der Waals surface area contributed by atoms with Crippen molar-refractivity contribution in [2.24, 2.45) is 21.6 Å². The van der Waals surface area contributed by atoms with Crippen LogP contribution < -0.4 is 16.4 Å². The first-order chi connectivity index (χ1) is 22.5. The quantitative estimate of drug-likeness (QED) is 0.103. The third-order valence-electron chi connectivity index (χ3n) is 9.65. The van der Waals surface area contributed by atoms with Gasteiger partial charge in [0.2, 0.25) is 0 Å². The average molecular weight is 663 g/mol. The number of amidine groups is 2. The number of rotatable bonds is 15. The number of hydrogen-bond donors (Lipinski definition) is 3. The molecule has 0 aromatic carbocycles. The standard InChI is InChI=1S/C34H50N10S2/c1-4-18-43(32-26(38-29(40-32)22-14-15-22)28(35)36-24-10-6-7-11-24)21(3)45-20-46-34-42-31(37-25-12-8-9-13-25)27-33(44(34)19-5-2)41-30(39-27)23-16-17-23/h22-25,36-37H,3-20,35H2,1-2H3/b28-26-. The van der Waals surface area contributed by atoms with Crippen LogP contribution in [0.15, 0.2) is 38.3 Å². The van der Waals surface area contributed by atoms with Gasteiger partial charge in [0.05, 0.1) is 10.1 Å². The van der Waals surface area contributed by atoms with Crippen LogP contribution in [0.25, 0.3) is 11.5 Å². The van der Waals surface area contributed by atoms with Gasteiger partial charge in [-0.3, -0.25) is 0 Å². The molecule has 248 valence electrons. The molecule has 0 aromatic heterocycles. The Bertz CT molecular complexity index is 1470. The summed E-state index contributed by atoms with van der Waals surface area (Å²) in [5, 5.41) is 10.1. The van der Waals surface area contributed by atoms with E-state index in [9.17, 15) is 0 Å². The number of nitrogens with two attached hydrogens (primary N) is 1. The molecule has 0 amide bonds. The van der Waals surface area contributed by atoms with Gasteiger partial charge in [-0.05, 0) is 64.2 Å². The van der Waals surface area contributed by atoms with E-state index in [1.807, 2.05) is 0 Å². The van der Waals surface area contributed by atoms with Gasteiger partial charge >= 0.3 is 0 Å². The second kappa shape index (κ2) is 14.2. The van der Waals surface area contributed by atoms with Crippen molar-refractivity contribution in [1.82, 2.24) is 29.7 Å². The molecule has 0 atom stereocenters. The molecule has 7 rings (SSSR count). The van der Waals surface area contributed by atoms with Crippen molar-refractivity contribution < 1.29 is 0 Å². The van der Waals surface area contributed by atoms with E-state index in [0.717, 1.165) is 107 Å². The second-order valence-corrected chi connectivity index (χ2v) is 15.9. The summed E-state index contributed by atoms with van der Waals surface area (Å²) in [5.74, 6) is 6.25. The van der Waals surface area contributed by atoms with Crippen molar-refractivity contribution in [3.63, 3.8) is 0 Å². The van der Waals surface area contributed by atoms with E-state index in [1.165, 1.54) is 51.4 Å². The summed E-state index contributed by atoms with van der Waals surface area (Å²) in [7, 11) is 0. The molecule has 0 radical (unpaired) electrons. The Morgan fingerprint density at radius 3 is 2.30 bits per heavy atom. The zero-order valence-electron chi connectivity index (χ0n) is 27.6. The van der Waals surface area contributed by atoms with Gasteiger partial charge in [-0.15, -0.1) is 0 Å². The van der Waals surface area contributed by atoms with Gasteiger partial charge in [-0.25, -0.2) is 24.9 Å². The Kier molecular flexibility index (Phi) is 9.81. The van der Waals surface area contributed by atoms with Crippen LogP contribution in [-0.2, 0) is 6.54 Å². The SMILES string of the molecule is C=C(SCSc1nc(NC2CCCC2)c2nc(C3CC3)nc-2n1CCC)N(CCC)C1=NC(C2CC2)=N/C1=C(/N)NC1CCCC1. The molecule has 0 aromatic rings. The van der Waals surface area contributed by atoms with Gasteiger partial charge in [-0.2, -0.15) is 0 Å². The van der Waals surface area contributed by atoms with Crippen molar-refractivity contribution in [2.45, 2.75) is 133 Å². The fourth-order valence-electron chi connectivity index (χ4n) is 6.82. The normalized spacial score (nSPS) is 21.6. The van der Waals surface area contributed by atoms with Crippen LogP contribution in [0.1, 0.15) is 115 Å². The molecule has 3 aliphatic heterocycles. The highest BCUT2D eigenvalue weighted by molar-refractivity contribution is 8.17. The number of nitrogens with one attached hydrogen (secondary N) is 2. The molecule has 4 N–H and O–H groups in total. The van der Waals surface area contributed by atoms with Crippen LogP contribution >= 0.6 is 23.5 Å². The first kappa shape index (κ1) is 31.8. The summed E-state index contributed by atoms with van der Waals surface area (Å²) in [5.41, 5.74) is 8.44. The van der Waals surface area contributed by atoms with E-state index in [4.69, 9.17) is 30.7 Å². The third kappa shape index (κ3) is 7.07. The lowest BCUT2D eigenvalue weighted by atomic mass is 10.2. The van der Waals surface area contributed by atoms with Gasteiger partial charge in [0.25, 0.3) is 0 Å². The van der Waals surface area contributed by atoms with E-state index in [2.05, 4.69) is 40.5 Å². The smallest absolute Gasteiger partial charge is 0.172 e. The average Bonchev–Trinajstić information content (AvgIpc) is 3.81. The predicted octanol–water partition coefficient (Wildman–Crippen LogP) is 7.27. The minimum atomic E-state index is 0.419. The zero-order valence-corrected chi connectivity index (χ0v) is 29.2. The number of imidazole rings is 1. The number of hydrogen-bond acceptors (Lipinski definition) is 11. The molecular weight excluding hydrogens is 613 g/mol. The van der Waals surface area contributed by atoms with Crippen LogP contribution in [0.2, 0.25) is 0 Å². The Balaban J connectivity index is 1.11. The molecule has 10 nitrogen and oxygen atoms in total. The number of aliphatic imine (C=N–C) groups is 2. The van der Waals surface area contributed by atoms with Gasteiger partial charge in [0, 0.05) is 37.0 Å². The van der Waals surface area contributed by atoms with E-state index >= 15 is 0 Å². The molecule has 46 heavy (non-hydrogen) atoms. The molecule has 3 heterocycles. The molecule has 0 bridgehead atoms. The molecule has 0 spiro atoms. The fourth-order valence-corrected chi connectivity index (χ4v) is 8.85. The topological polar surface area (TPSA) is 122 Å². The number of thioether (sulfide) groups is 2. The van der Waals surface area contributed by atoms with Crippen LogP contribution in [0.5, 0.6) is 0 Å². The number of fused-ring (bicyclic) bond motifs is 1. The molecule has 4 saturated carbocycles. The lowest BCUT2D eigenvalue weighted by Gasteiger charge is -2.27. The highest BCUT2D eigenvalue weighted by Crippen LogP contribution is 2.43. The van der Waals surface area contributed by atoms with Crippen LogP contribution in [0, 0.1) is 5.92 Å². The maximum Gasteiger partial charge on any atom is 0.172 e. The van der Waals surface area contributed by atoms with E-state index in [1.54, 1.807) is 23.5 Å². The molecule has 0 saturated heterocycles. The lowest BCUT2D eigenvalue weighted by molar-refractivity contribution is 0.536. The first-order valence-electron chi connectivity index (χ1n) is 17.7. The monoisotopic (exact) mass is 662 g/mol. The molecule has 0 unspecified atom stereocenters. The largest absolute Gasteiger partial charge is 0.384 e. The van der Waals surface area contributed by atoms with E-state index in [-0.39, 0.29) is 0 Å². The molecule has 4 aliphatic carbocycles. The van der Waals surface area contributed by atoms with Gasteiger partial charge in [-0.1, -0.05) is 69.6 Å². The third-order valence-corrected chi connectivity index (χ3v) is 11.7. The minimum Gasteiger partial charge on any atom is -0.384 e.